The minimum absolute atomic E-state index is 0.0522. The van der Waals surface area contributed by atoms with Crippen molar-refractivity contribution in [3.63, 3.8) is 0 Å². The highest BCUT2D eigenvalue weighted by Crippen LogP contribution is 2.39. The minimum atomic E-state index is 0.0522. The van der Waals surface area contributed by atoms with Crippen molar-refractivity contribution in [2.75, 3.05) is 23.7 Å². The molecule has 2 amide bonds. The number of para-hydroxylation sites is 1. The number of hydrogen-bond donors (Lipinski definition) is 1. The first-order valence-corrected chi connectivity index (χ1v) is 10.8. The van der Waals surface area contributed by atoms with Crippen LogP contribution < -0.4 is 10.2 Å². The molecule has 0 radical (unpaired) electrons. The van der Waals surface area contributed by atoms with E-state index in [4.69, 9.17) is 0 Å². The van der Waals surface area contributed by atoms with Crippen molar-refractivity contribution in [2.45, 2.75) is 45.1 Å². The third-order valence-corrected chi connectivity index (χ3v) is 5.75. The molecule has 1 aliphatic rings. The van der Waals surface area contributed by atoms with Crippen LogP contribution in [0.4, 0.5) is 5.69 Å². The number of aryl methyl sites for hydroxylation is 1. The molecule has 0 fully saturated rings. The lowest BCUT2D eigenvalue weighted by molar-refractivity contribution is -0.121. The average Bonchev–Trinajstić information content (AvgIpc) is 3.01. The second-order valence-corrected chi connectivity index (χ2v) is 8.42. The first kappa shape index (κ1) is 20.5. The van der Waals surface area contributed by atoms with Crippen molar-refractivity contribution in [1.82, 2.24) is 15.1 Å². The summed E-state index contributed by atoms with van der Waals surface area (Å²) in [5, 5.41) is 8.62. The van der Waals surface area contributed by atoms with Crippen LogP contribution in [0.5, 0.6) is 0 Å². The van der Waals surface area contributed by atoms with E-state index in [1.807, 2.05) is 41.9 Å². The molecule has 150 valence electrons. The number of fused-ring (bicyclic) bond motifs is 1. The molecule has 1 aliphatic heterocycles. The van der Waals surface area contributed by atoms with Gasteiger partial charge in [-0.1, -0.05) is 43.8 Å². The number of carbonyl (C=O) groups is 2. The average molecular weight is 401 g/mol. The molecule has 0 saturated carbocycles. The molecule has 1 aromatic carbocycles. The van der Waals surface area contributed by atoms with E-state index in [0.717, 1.165) is 28.5 Å². The number of benzene rings is 1. The standard InChI is InChI=1S/C21H28N4O2S/c1-15(2)11-12-22-18(26)10-7-13-24-19(27)14-28-21-20(24)16(3)23-25(21)17-8-5-4-6-9-17/h4-6,8-9,15H,7,10-14H2,1-3H3,(H,22,26). The summed E-state index contributed by atoms with van der Waals surface area (Å²) in [6.45, 7) is 7.46. The fourth-order valence-electron chi connectivity index (χ4n) is 3.24. The Morgan fingerprint density at radius 2 is 2.04 bits per heavy atom. The fourth-order valence-corrected chi connectivity index (χ4v) is 4.32. The van der Waals surface area contributed by atoms with Crippen LogP contribution >= 0.6 is 11.8 Å². The molecule has 3 rings (SSSR count). The molecule has 0 unspecified atom stereocenters. The Kier molecular flexibility index (Phi) is 6.78. The normalized spacial score (nSPS) is 13.7. The molecule has 28 heavy (non-hydrogen) atoms. The number of carbonyl (C=O) groups excluding carboxylic acids is 2. The molecule has 1 aromatic heterocycles. The van der Waals surface area contributed by atoms with Gasteiger partial charge in [0.2, 0.25) is 11.8 Å². The lowest BCUT2D eigenvalue weighted by atomic mass is 10.1. The van der Waals surface area contributed by atoms with E-state index in [1.54, 1.807) is 4.90 Å². The quantitative estimate of drug-likeness (QED) is 0.736. The largest absolute Gasteiger partial charge is 0.356 e. The van der Waals surface area contributed by atoms with Crippen LogP contribution in [0.2, 0.25) is 0 Å². The summed E-state index contributed by atoms with van der Waals surface area (Å²) in [5.74, 6) is 1.10. The van der Waals surface area contributed by atoms with Gasteiger partial charge >= 0.3 is 0 Å². The number of aromatic nitrogens is 2. The number of nitrogens with one attached hydrogen (secondary N) is 1. The molecule has 1 N–H and O–H groups in total. The van der Waals surface area contributed by atoms with Crippen LogP contribution in [-0.4, -0.2) is 40.4 Å². The Balaban J connectivity index is 1.67. The van der Waals surface area contributed by atoms with Gasteiger partial charge in [-0.2, -0.15) is 5.10 Å². The molecule has 0 spiro atoms. The zero-order valence-corrected chi connectivity index (χ0v) is 17.6. The molecule has 0 atom stereocenters. The summed E-state index contributed by atoms with van der Waals surface area (Å²) in [6, 6.07) is 9.95. The summed E-state index contributed by atoms with van der Waals surface area (Å²) in [7, 11) is 0. The molecular formula is C21H28N4O2S. The highest BCUT2D eigenvalue weighted by molar-refractivity contribution is 8.00. The molecule has 0 aliphatic carbocycles. The minimum Gasteiger partial charge on any atom is -0.356 e. The first-order valence-electron chi connectivity index (χ1n) is 9.82. The molecule has 7 heteroatoms. The summed E-state index contributed by atoms with van der Waals surface area (Å²) in [4.78, 5) is 26.4. The molecule has 2 aromatic rings. The van der Waals surface area contributed by atoms with Crippen molar-refractivity contribution in [3.8, 4) is 5.69 Å². The van der Waals surface area contributed by atoms with E-state index in [0.29, 0.717) is 37.6 Å². The van der Waals surface area contributed by atoms with Crippen molar-refractivity contribution < 1.29 is 9.59 Å². The SMILES string of the molecule is Cc1nn(-c2ccccc2)c2c1N(CCCC(=O)NCCC(C)C)C(=O)CS2. The Morgan fingerprint density at radius 1 is 1.29 bits per heavy atom. The Hall–Kier alpha value is -2.28. The maximum absolute atomic E-state index is 12.5. The third-order valence-electron chi connectivity index (χ3n) is 4.72. The smallest absolute Gasteiger partial charge is 0.237 e. The maximum atomic E-state index is 12.5. The van der Waals surface area contributed by atoms with Crippen LogP contribution in [0.15, 0.2) is 35.4 Å². The lowest BCUT2D eigenvalue weighted by Crippen LogP contribution is -2.37. The number of rotatable bonds is 8. The van der Waals surface area contributed by atoms with E-state index in [9.17, 15) is 9.59 Å². The number of anilines is 1. The van der Waals surface area contributed by atoms with Crippen molar-refractivity contribution >= 4 is 29.3 Å². The summed E-state index contributed by atoms with van der Waals surface area (Å²) < 4.78 is 1.91. The van der Waals surface area contributed by atoms with E-state index < -0.39 is 0 Å². The van der Waals surface area contributed by atoms with Crippen molar-refractivity contribution in [1.29, 1.82) is 0 Å². The van der Waals surface area contributed by atoms with Gasteiger partial charge in [0, 0.05) is 19.5 Å². The van der Waals surface area contributed by atoms with Crippen LogP contribution in [0.25, 0.3) is 5.69 Å². The van der Waals surface area contributed by atoms with Crippen LogP contribution in [0, 0.1) is 12.8 Å². The number of amides is 2. The number of thioether (sulfide) groups is 1. The zero-order valence-electron chi connectivity index (χ0n) is 16.8. The van der Waals surface area contributed by atoms with Gasteiger partial charge in [-0.3, -0.25) is 9.59 Å². The van der Waals surface area contributed by atoms with Gasteiger partial charge in [0.1, 0.15) is 5.03 Å². The predicted octanol–water partition coefficient (Wildman–Crippen LogP) is 3.56. The van der Waals surface area contributed by atoms with Gasteiger partial charge in [0.15, 0.2) is 0 Å². The van der Waals surface area contributed by atoms with Crippen molar-refractivity contribution in [3.05, 3.63) is 36.0 Å². The molecule has 2 heterocycles. The highest BCUT2D eigenvalue weighted by Gasteiger charge is 2.31. The lowest BCUT2D eigenvalue weighted by Gasteiger charge is -2.27. The summed E-state index contributed by atoms with van der Waals surface area (Å²) >= 11 is 1.53. The van der Waals surface area contributed by atoms with Crippen molar-refractivity contribution in [2.24, 2.45) is 5.92 Å². The van der Waals surface area contributed by atoms with Crippen LogP contribution in [0.3, 0.4) is 0 Å². The number of hydrogen-bond acceptors (Lipinski definition) is 4. The molecular weight excluding hydrogens is 372 g/mol. The number of nitrogens with zero attached hydrogens (tertiary/aromatic N) is 3. The Labute approximate surface area is 170 Å². The van der Waals surface area contributed by atoms with Gasteiger partial charge in [-0.25, -0.2) is 4.68 Å². The van der Waals surface area contributed by atoms with E-state index in [2.05, 4.69) is 24.3 Å². The maximum Gasteiger partial charge on any atom is 0.237 e. The summed E-state index contributed by atoms with van der Waals surface area (Å²) in [5.41, 5.74) is 2.70. The second kappa shape index (κ2) is 9.28. The van der Waals surface area contributed by atoms with E-state index in [1.165, 1.54) is 11.8 Å². The van der Waals surface area contributed by atoms with Gasteiger partial charge in [-0.15, -0.1) is 0 Å². The van der Waals surface area contributed by atoms with Crippen LogP contribution in [-0.2, 0) is 9.59 Å². The second-order valence-electron chi connectivity index (χ2n) is 7.46. The molecule has 6 nitrogen and oxygen atoms in total. The predicted molar refractivity (Wildman–Crippen MR) is 113 cm³/mol. The topological polar surface area (TPSA) is 67.2 Å². The monoisotopic (exact) mass is 400 g/mol. The molecule has 0 bridgehead atoms. The fraction of sp³-hybridized carbons (Fsp3) is 0.476. The zero-order chi connectivity index (χ0) is 20.1. The Bertz CT molecular complexity index is 832. The Morgan fingerprint density at radius 3 is 2.75 bits per heavy atom. The van der Waals surface area contributed by atoms with E-state index >= 15 is 0 Å². The van der Waals surface area contributed by atoms with Crippen LogP contribution in [0.1, 0.15) is 38.8 Å². The van der Waals surface area contributed by atoms with Gasteiger partial charge in [0.05, 0.1) is 22.8 Å². The first-order chi connectivity index (χ1) is 13.5. The summed E-state index contributed by atoms with van der Waals surface area (Å²) in [6.07, 6.45) is 2.05. The van der Waals surface area contributed by atoms with Gasteiger partial charge < -0.3 is 10.2 Å². The van der Waals surface area contributed by atoms with Gasteiger partial charge in [0.25, 0.3) is 0 Å². The molecule has 0 saturated heterocycles. The van der Waals surface area contributed by atoms with E-state index in [-0.39, 0.29) is 11.8 Å². The third kappa shape index (κ3) is 4.76. The highest BCUT2D eigenvalue weighted by atomic mass is 32.2. The van der Waals surface area contributed by atoms with Gasteiger partial charge in [-0.05, 0) is 37.8 Å².